The first-order chi connectivity index (χ1) is 16.9. The minimum Gasteiger partial charge on any atom is -0.339 e. The second kappa shape index (κ2) is 10.4. The molecule has 7 nitrogen and oxygen atoms in total. The lowest BCUT2D eigenvalue weighted by Crippen LogP contribution is -2.54. The van der Waals surface area contributed by atoms with Crippen LogP contribution in [0.1, 0.15) is 79.6 Å². The molecule has 37 heavy (non-hydrogen) atoms. The Kier molecular flexibility index (Phi) is 8.17. The van der Waals surface area contributed by atoms with Crippen molar-refractivity contribution in [3.05, 3.63) is 0 Å². The lowest BCUT2D eigenvalue weighted by molar-refractivity contribution is -0.174. The van der Waals surface area contributed by atoms with Crippen molar-refractivity contribution >= 4 is 23.4 Å². The molecule has 1 saturated heterocycles. The highest BCUT2D eigenvalue weighted by Gasteiger charge is 2.53. The van der Waals surface area contributed by atoms with E-state index < -0.39 is 53.6 Å². The van der Waals surface area contributed by atoms with Crippen LogP contribution in [-0.4, -0.2) is 53.1 Å². The van der Waals surface area contributed by atoms with Gasteiger partial charge in [0.2, 0.25) is 17.6 Å². The van der Waals surface area contributed by atoms with E-state index in [9.17, 15) is 37.6 Å². The van der Waals surface area contributed by atoms with Crippen LogP contribution in [-0.2, 0) is 19.2 Å². The summed E-state index contributed by atoms with van der Waals surface area (Å²) in [7, 11) is 0. The van der Waals surface area contributed by atoms with Crippen molar-refractivity contribution in [2.24, 2.45) is 34.5 Å². The lowest BCUT2D eigenvalue weighted by atomic mass is 9.76. The third-order valence-electron chi connectivity index (χ3n) is 8.39. The fourth-order valence-electron chi connectivity index (χ4n) is 6.50. The van der Waals surface area contributed by atoms with Gasteiger partial charge in [-0.25, -0.2) is 0 Å². The van der Waals surface area contributed by atoms with E-state index in [2.05, 4.69) is 11.4 Å². The number of halogens is 3. The number of nitriles is 1. The van der Waals surface area contributed by atoms with Crippen molar-refractivity contribution in [2.45, 2.75) is 97.8 Å². The zero-order valence-electron chi connectivity index (χ0n) is 22.3. The molecule has 3 rings (SSSR count). The van der Waals surface area contributed by atoms with Gasteiger partial charge >= 0.3 is 6.18 Å². The van der Waals surface area contributed by atoms with Crippen molar-refractivity contribution in [1.29, 1.82) is 5.26 Å². The first kappa shape index (κ1) is 29.1. The average molecular weight is 526 g/mol. The summed E-state index contributed by atoms with van der Waals surface area (Å²) in [4.78, 5) is 52.8. The van der Waals surface area contributed by atoms with E-state index in [0.717, 1.165) is 12.8 Å². The van der Waals surface area contributed by atoms with Gasteiger partial charge in [-0.05, 0) is 48.3 Å². The van der Waals surface area contributed by atoms with Gasteiger partial charge in [-0.2, -0.15) is 18.4 Å². The number of amides is 2. The van der Waals surface area contributed by atoms with Gasteiger partial charge in [-0.3, -0.25) is 19.2 Å². The van der Waals surface area contributed by atoms with E-state index in [1.807, 2.05) is 13.8 Å². The molecule has 3 aliphatic rings. The number of ketones is 2. The van der Waals surface area contributed by atoms with Crippen molar-refractivity contribution in [3.8, 4) is 6.07 Å². The highest BCUT2D eigenvalue weighted by Crippen LogP contribution is 2.45. The fraction of sp³-hybridized carbons (Fsp3) is 0.815. The monoisotopic (exact) mass is 525 g/mol. The summed E-state index contributed by atoms with van der Waals surface area (Å²) in [6, 6.07) is 0.230. The smallest absolute Gasteiger partial charge is 0.339 e. The van der Waals surface area contributed by atoms with Gasteiger partial charge in [-0.1, -0.05) is 41.0 Å². The Morgan fingerprint density at radius 3 is 2.35 bits per heavy atom. The van der Waals surface area contributed by atoms with Crippen LogP contribution in [0.2, 0.25) is 0 Å². The molecule has 2 amide bonds. The molecule has 6 atom stereocenters. The van der Waals surface area contributed by atoms with Gasteiger partial charge in [0.25, 0.3) is 0 Å². The normalized spacial score (nSPS) is 28.9. The highest BCUT2D eigenvalue weighted by atomic mass is 19.4. The maximum Gasteiger partial charge on any atom is 0.449 e. The van der Waals surface area contributed by atoms with Crippen molar-refractivity contribution in [1.82, 2.24) is 10.2 Å². The summed E-state index contributed by atoms with van der Waals surface area (Å²) in [5, 5.41) is 12.5. The summed E-state index contributed by atoms with van der Waals surface area (Å²) >= 11 is 0. The molecule has 206 valence electrons. The van der Waals surface area contributed by atoms with Crippen molar-refractivity contribution in [3.63, 3.8) is 0 Å². The lowest BCUT2D eigenvalue weighted by Gasteiger charge is -2.36. The molecule has 2 aliphatic carbocycles. The van der Waals surface area contributed by atoms with Gasteiger partial charge < -0.3 is 10.2 Å². The van der Waals surface area contributed by atoms with Gasteiger partial charge in [-0.15, -0.1) is 0 Å². The Balaban J connectivity index is 1.80. The Morgan fingerprint density at radius 1 is 1.19 bits per heavy atom. The molecule has 0 aromatic carbocycles. The molecule has 0 aromatic heterocycles. The van der Waals surface area contributed by atoms with Crippen LogP contribution in [0.25, 0.3) is 0 Å². The van der Waals surface area contributed by atoms with E-state index in [4.69, 9.17) is 0 Å². The van der Waals surface area contributed by atoms with E-state index >= 15 is 0 Å². The number of nitrogens with one attached hydrogen (secondary N) is 1. The van der Waals surface area contributed by atoms with Crippen LogP contribution < -0.4 is 5.32 Å². The molecule has 1 aliphatic heterocycles. The van der Waals surface area contributed by atoms with Crippen LogP contribution in [0.3, 0.4) is 0 Å². The van der Waals surface area contributed by atoms with E-state index in [1.165, 1.54) is 4.90 Å². The standard InChI is InChI=1S/C27H38F3N3O4/c1-25(2,3)19(10-21(35)27(28,29)30)24(37)33-14-15-7-6-8-18(15)22(33)23(36)32-17(13-31)9-16-11-26(4,5)12-20(16)34/h15-19,22H,6-12,14H2,1-5H3,(H,32,36)/t15-,16+,17-,18-,19+,22-/m0/s1. The second-order valence-electron chi connectivity index (χ2n) is 13.0. The first-order valence-electron chi connectivity index (χ1n) is 13.1. The zero-order chi connectivity index (χ0) is 27.9. The quantitative estimate of drug-likeness (QED) is 0.536. The predicted molar refractivity (Wildman–Crippen MR) is 129 cm³/mol. The van der Waals surface area contributed by atoms with E-state index in [1.54, 1.807) is 20.8 Å². The summed E-state index contributed by atoms with van der Waals surface area (Å²) in [6.45, 7) is 9.04. The van der Waals surface area contributed by atoms with Gasteiger partial charge in [0, 0.05) is 25.3 Å². The second-order valence-corrected chi connectivity index (χ2v) is 13.0. The fourth-order valence-corrected chi connectivity index (χ4v) is 6.50. The number of nitrogens with zero attached hydrogens (tertiary/aromatic N) is 2. The number of Topliss-reactive ketones (excluding diaryl/α,β-unsaturated/α-hetero) is 2. The third kappa shape index (κ3) is 6.53. The van der Waals surface area contributed by atoms with Crippen LogP contribution in [0.4, 0.5) is 13.2 Å². The molecule has 0 aromatic rings. The number of likely N-dealkylation sites (tertiary alicyclic amines) is 1. The number of fused-ring (bicyclic) bond motifs is 1. The van der Waals surface area contributed by atoms with Gasteiger partial charge in [0.15, 0.2) is 0 Å². The minimum absolute atomic E-state index is 0.0383. The molecule has 0 spiro atoms. The number of carbonyl (C=O) groups excluding carboxylic acids is 4. The van der Waals surface area contributed by atoms with E-state index in [-0.39, 0.29) is 41.9 Å². The Labute approximate surface area is 216 Å². The number of hydrogen-bond acceptors (Lipinski definition) is 5. The van der Waals surface area contributed by atoms with E-state index in [0.29, 0.717) is 19.3 Å². The molecule has 10 heteroatoms. The number of rotatable bonds is 7. The molecule has 3 fully saturated rings. The van der Waals surface area contributed by atoms with Crippen LogP contribution in [0, 0.1) is 45.8 Å². The molecular weight excluding hydrogens is 487 g/mol. The number of alkyl halides is 3. The Hall–Kier alpha value is -2.44. The number of carbonyl (C=O) groups is 4. The summed E-state index contributed by atoms with van der Waals surface area (Å²) in [5.74, 6) is -4.76. The SMILES string of the molecule is CC1(C)CC(=O)[C@H](C[C@@H](C#N)NC(=O)[C@@H]2[C@H]3CCC[C@H]3CN2C(=O)[C@@H](CC(=O)C(F)(F)F)C(C)(C)C)C1. The topological polar surface area (TPSA) is 107 Å². The maximum atomic E-state index is 13.7. The number of hydrogen-bond donors (Lipinski definition) is 1. The molecule has 1 heterocycles. The van der Waals surface area contributed by atoms with Crippen molar-refractivity contribution < 1.29 is 32.3 Å². The molecule has 0 radical (unpaired) electrons. The maximum absolute atomic E-state index is 13.7. The van der Waals surface area contributed by atoms with Gasteiger partial charge in [0.05, 0.1) is 12.0 Å². The molecule has 0 unspecified atom stereocenters. The van der Waals surface area contributed by atoms with Crippen LogP contribution in [0.5, 0.6) is 0 Å². The summed E-state index contributed by atoms with van der Waals surface area (Å²) < 4.78 is 39.2. The highest BCUT2D eigenvalue weighted by molar-refractivity contribution is 5.93. The van der Waals surface area contributed by atoms with Crippen LogP contribution >= 0.6 is 0 Å². The minimum atomic E-state index is -5.05. The van der Waals surface area contributed by atoms with Gasteiger partial charge in [0.1, 0.15) is 17.9 Å². The Morgan fingerprint density at radius 2 is 1.84 bits per heavy atom. The summed E-state index contributed by atoms with van der Waals surface area (Å²) in [6.07, 6.45) is -2.43. The Bertz CT molecular complexity index is 979. The largest absolute Gasteiger partial charge is 0.449 e. The molecule has 1 N–H and O–H groups in total. The van der Waals surface area contributed by atoms with Crippen LogP contribution in [0.15, 0.2) is 0 Å². The average Bonchev–Trinajstić information content (AvgIpc) is 3.41. The first-order valence-corrected chi connectivity index (χ1v) is 13.1. The molecule has 2 saturated carbocycles. The third-order valence-corrected chi connectivity index (χ3v) is 8.39. The molecular formula is C27H38F3N3O4. The summed E-state index contributed by atoms with van der Waals surface area (Å²) in [5.41, 5.74) is -1.10. The molecule has 0 bridgehead atoms. The predicted octanol–water partition coefficient (Wildman–Crippen LogP) is 4.20. The zero-order valence-corrected chi connectivity index (χ0v) is 22.3. The van der Waals surface area contributed by atoms with Crippen molar-refractivity contribution in [2.75, 3.05) is 6.54 Å².